The SMILES string of the molecule is C[NH+]1CCN(c2ccc(NC(=O)c3cc(Br)cc(Br)c3O)cc2Cl)CC1. The van der Waals surface area contributed by atoms with Crippen LogP contribution in [0, 0.1) is 0 Å². The Balaban J connectivity index is 1.77. The smallest absolute Gasteiger partial charge is 0.259 e. The molecule has 2 aromatic carbocycles. The molecule has 1 aliphatic heterocycles. The second-order valence-electron chi connectivity index (χ2n) is 6.35. The van der Waals surface area contributed by atoms with Gasteiger partial charge in [-0.1, -0.05) is 27.5 Å². The van der Waals surface area contributed by atoms with Crippen molar-refractivity contribution in [3.05, 3.63) is 49.9 Å². The van der Waals surface area contributed by atoms with Gasteiger partial charge in [-0.3, -0.25) is 4.79 Å². The van der Waals surface area contributed by atoms with Crippen LogP contribution in [-0.2, 0) is 0 Å². The van der Waals surface area contributed by atoms with E-state index in [0.29, 0.717) is 19.7 Å². The lowest BCUT2D eigenvalue weighted by molar-refractivity contribution is -0.880. The first-order chi connectivity index (χ1) is 12.3. The van der Waals surface area contributed by atoms with Crippen molar-refractivity contribution in [2.75, 3.05) is 43.4 Å². The number of likely N-dealkylation sites (N-methyl/N-ethyl adjacent to an activating group) is 1. The van der Waals surface area contributed by atoms with E-state index >= 15 is 0 Å². The van der Waals surface area contributed by atoms with Crippen LogP contribution in [0.3, 0.4) is 0 Å². The third-order valence-corrected chi connectivity index (χ3v) is 5.80. The second kappa shape index (κ2) is 8.17. The van der Waals surface area contributed by atoms with E-state index in [1.807, 2.05) is 12.1 Å². The summed E-state index contributed by atoms with van der Waals surface area (Å²) in [5, 5.41) is 13.5. The maximum atomic E-state index is 12.5. The Morgan fingerprint density at radius 1 is 1.23 bits per heavy atom. The van der Waals surface area contributed by atoms with Gasteiger partial charge in [-0.2, -0.15) is 0 Å². The van der Waals surface area contributed by atoms with Crippen molar-refractivity contribution >= 4 is 60.7 Å². The number of phenols is 1. The highest BCUT2D eigenvalue weighted by atomic mass is 79.9. The van der Waals surface area contributed by atoms with Gasteiger partial charge in [0.15, 0.2) is 0 Å². The Morgan fingerprint density at radius 2 is 1.92 bits per heavy atom. The molecule has 0 atom stereocenters. The van der Waals surface area contributed by atoms with Gasteiger partial charge in [0.25, 0.3) is 5.91 Å². The highest BCUT2D eigenvalue weighted by Crippen LogP contribution is 2.33. The van der Waals surface area contributed by atoms with Crippen LogP contribution in [0.4, 0.5) is 11.4 Å². The lowest BCUT2D eigenvalue weighted by Crippen LogP contribution is -3.12. The van der Waals surface area contributed by atoms with Gasteiger partial charge >= 0.3 is 0 Å². The van der Waals surface area contributed by atoms with Crippen LogP contribution >= 0.6 is 43.5 Å². The predicted molar refractivity (Wildman–Crippen MR) is 112 cm³/mol. The molecule has 1 aliphatic rings. The third-order valence-electron chi connectivity index (χ3n) is 4.44. The van der Waals surface area contributed by atoms with Crippen LogP contribution in [0.25, 0.3) is 0 Å². The molecule has 5 nitrogen and oxygen atoms in total. The maximum Gasteiger partial charge on any atom is 0.259 e. The van der Waals surface area contributed by atoms with Gasteiger partial charge in [-0.05, 0) is 46.3 Å². The van der Waals surface area contributed by atoms with Crippen molar-refractivity contribution in [3.8, 4) is 5.75 Å². The Bertz CT molecular complexity index is 839. The van der Waals surface area contributed by atoms with Crippen molar-refractivity contribution in [1.29, 1.82) is 0 Å². The second-order valence-corrected chi connectivity index (χ2v) is 8.53. The highest BCUT2D eigenvalue weighted by Gasteiger charge is 2.20. The number of hydrogen-bond acceptors (Lipinski definition) is 3. The zero-order valence-electron chi connectivity index (χ0n) is 14.2. The molecule has 1 saturated heterocycles. The summed E-state index contributed by atoms with van der Waals surface area (Å²) >= 11 is 13.0. The number of phenolic OH excluding ortho intramolecular Hbond substituents is 1. The molecule has 0 saturated carbocycles. The fourth-order valence-electron chi connectivity index (χ4n) is 2.91. The number of anilines is 2. The van der Waals surface area contributed by atoms with Gasteiger partial charge in [0, 0.05) is 10.2 Å². The molecule has 138 valence electrons. The maximum absolute atomic E-state index is 12.5. The molecule has 0 spiro atoms. The number of carbonyl (C=O) groups is 1. The van der Waals surface area contributed by atoms with Crippen LogP contribution in [-0.4, -0.2) is 44.2 Å². The van der Waals surface area contributed by atoms with Gasteiger partial charge in [-0.15, -0.1) is 0 Å². The average molecular weight is 505 g/mol. The van der Waals surface area contributed by atoms with Crippen LogP contribution < -0.4 is 15.1 Å². The molecule has 0 unspecified atom stereocenters. The summed E-state index contributed by atoms with van der Waals surface area (Å²) in [5.41, 5.74) is 1.73. The molecule has 2 aromatic rings. The largest absolute Gasteiger partial charge is 0.506 e. The minimum atomic E-state index is -0.406. The number of piperazine rings is 1. The van der Waals surface area contributed by atoms with Gasteiger partial charge in [-0.25, -0.2) is 0 Å². The van der Waals surface area contributed by atoms with Crippen molar-refractivity contribution in [3.63, 3.8) is 0 Å². The minimum absolute atomic E-state index is 0.103. The van der Waals surface area contributed by atoms with Gasteiger partial charge < -0.3 is 20.2 Å². The van der Waals surface area contributed by atoms with E-state index in [1.165, 1.54) is 4.90 Å². The highest BCUT2D eigenvalue weighted by molar-refractivity contribution is 9.11. The number of amides is 1. The fourth-order valence-corrected chi connectivity index (χ4v) is 4.43. The first-order valence-electron chi connectivity index (χ1n) is 8.20. The molecule has 3 N–H and O–H groups in total. The van der Waals surface area contributed by atoms with E-state index in [2.05, 4.69) is 49.1 Å². The van der Waals surface area contributed by atoms with E-state index in [-0.39, 0.29) is 11.3 Å². The number of hydrogen-bond donors (Lipinski definition) is 3. The van der Waals surface area contributed by atoms with E-state index in [0.717, 1.165) is 31.9 Å². The lowest BCUT2D eigenvalue weighted by Gasteiger charge is -2.32. The van der Waals surface area contributed by atoms with Crippen LogP contribution in [0.15, 0.2) is 39.3 Å². The summed E-state index contributed by atoms with van der Waals surface area (Å²) in [6, 6.07) is 8.74. The predicted octanol–water partition coefficient (Wildman–Crippen LogP) is 3.16. The van der Waals surface area contributed by atoms with Crippen molar-refractivity contribution in [1.82, 2.24) is 0 Å². The number of nitrogens with zero attached hydrogens (tertiary/aromatic N) is 1. The molecule has 26 heavy (non-hydrogen) atoms. The molecule has 0 bridgehead atoms. The minimum Gasteiger partial charge on any atom is -0.506 e. The number of aromatic hydroxyl groups is 1. The zero-order valence-corrected chi connectivity index (χ0v) is 18.1. The Morgan fingerprint density at radius 3 is 2.58 bits per heavy atom. The number of halogens is 3. The lowest BCUT2D eigenvalue weighted by atomic mass is 10.1. The molecule has 0 aromatic heterocycles. The summed E-state index contributed by atoms with van der Waals surface area (Å²) in [7, 11) is 2.19. The molecule has 1 heterocycles. The van der Waals surface area contributed by atoms with Crippen molar-refractivity contribution < 1.29 is 14.8 Å². The summed E-state index contributed by atoms with van der Waals surface area (Å²) in [4.78, 5) is 16.3. The van der Waals surface area contributed by atoms with Crippen molar-refractivity contribution in [2.45, 2.75) is 0 Å². The molecule has 1 amide bonds. The van der Waals surface area contributed by atoms with Gasteiger partial charge in [0.1, 0.15) is 5.75 Å². The topological polar surface area (TPSA) is 57.0 Å². The molecule has 0 radical (unpaired) electrons. The number of quaternary nitrogens is 1. The Labute approximate surface area is 174 Å². The summed E-state index contributed by atoms with van der Waals surface area (Å²) in [6.45, 7) is 4.06. The first kappa shape index (κ1) is 19.5. The molecule has 8 heteroatoms. The van der Waals surface area contributed by atoms with Crippen molar-refractivity contribution in [2.24, 2.45) is 0 Å². The van der Waals surface area contributed by atoms with E-state index in [4.69, 9.17) is 11.6 Å². The van der Waals surface area contributed by atoms with Gasteiger partial charge in [0.2, 0.25) is 0 Å². The number of benzene rings is 2. The van der Waals surface area contributed by atoms with E-state index in [9.17, 15) is 9.90 Å². The van der Waals surface area contributed by atoms with Gasteiger partial charge in [0.05, 0.1) is 54.0 Å². The number of carbonyl (C=O) groups excluding carboxylic acids is 1. The Kier molecular flexibility index (Phi) is 6.12. The van der Waals surface area contributed by atoms with Crippen LogP contribution in [0.2, 0.25) is 5.02 Å². The summed E-state index contributed by atoms with van der Waals surface area (Å²) in [5.74, 6) is -0.509. The molecular formula is C18H19Br2ClN3O2+. The van der Waals surface area contributed by atoms with E-state index < -0.39 is 5.91 Å². The summed E-state index contributed by atoms with van der Waals surface area (Å²) in [6.07, 6.45) is 0. The molecule has 1 fully saturated rings. The number of rotatable bonds is 3. The first-order valence-corrected chi connectivity index (χ1v) is 10.2. The molecular weight excluding hydrogens is 485 g/mol. The quantitative estimate of drug-likeness (QED) is 0.602. The Hall–Kier alpha value is -1.28. The number of nitrogens with one attached hydrogen (secondary N) is 2. The third kappa shape index (κ3) is 4.34. The molecule has 3 rings (SSSR count). The summed E-state index contributed by atoms with van der Waals surface area (Å²) < 4.78 is 1.14. The monoisotopic (exact) mass is 502 g/mol. The van der Waals surface area contributed by atoms with Crippen LogP contribution in [0.1, 0.15) is 10.4 Å². The van der Waals surface area contributed by atoms with E-state index in [1.54, 1.807) is 18.2 Å². The fraction of sp³-hybridized carbons (Fsp3) is 0.278. The zero-order chi connectivity index (χ0) is 18.8. The normalized spacial score (nSPS) is 15.2. The average Bonchev–Trinajstić information content (AvgIpc) is 2.59. The molecule has 0 aliphatic carbocycles. The van der Waals surface area contributed by atoms with Crippen LogP contribution in [0.5, 0.6) is 5.75 Å². The standard InChI is InChI=1S/C18H18Br2ClN3O2/c1-23-4-6-24(7-5-23)16-3-2-12(10-15(16)21)22-18(26)13-8-11(19)9-14(20)17(13)25/h2-3,8-10,25H,4-7H2,1H3,(H,22,26)/p+1.